The molecule has 0 radical (unpaired) electrons. The second-order valence-corrected chi connectivity index (χ2v) is 10.4. The van der Waals surface area contributed by atoms with Gasteiger partial charge in [0.2, 0.25) is 17.7 Å². The van der Waals surface area contributed by atoms with Crippen molar-refractivity contribution in [2.45, 2.75) is 65.4 Å². The lowest BCUT2D eigenvalue weighted by Gasteiger charge is -2.26. The van der Waals surface area contributed by atoms with Crippen molar-refractivity contribution in [3.05, 3.63) is 52.4 Å². The van der Waals surface area contributed by atoms with Crippen molar-refractivity contribution in [1.82, 2.24) is 31.3 Å². The molecule has 0 fully saturated rings. The van der Waals surface area contributed by atoms with Crippen LogP contribution in [-0.4, -0.2) is 82.0 Å². The number of nitrogens with one attached hydrogen (secondary N) is 4. The SMILES string of the molecule is Cc1ccc(C(=O)N2CCNC(=O)[C@H](C(C)C)NC(=O)[C@H](C)NC(=O)[C@H]([C@@H](C)O)NC(=O)c3cc(on3)C2)c(F)c1F. The van der Waals surface area contributed by atoms with Crippen LogP contribution >= 0.6 is 0 Å². The number of fused-ring (bicyclic) bond motifs is 2. The second-order valence-electron chi connectivity index (χ2n) is 10.4. The highest BCUT2D eigenvalue weighted by Crippen LogP contribution is 2.19. The molecule has 15 heteroatoms. The Morgan fingerprint density at radius 1 is 1.02 bits per heavy atom. The van der Waals surface area contributed by atoms with Gasteiger partial charge in [0.1, 0.15) is 18.1 Å². The van der Waals surface area contributed by atoms with Crippen LogP contribution in [-0.2, 0) is 20.9 Å². The number of aliphatic hydroxyl groups excluding tert-OH is 1. The topological polar surface area (TPSA) is 183 Å². The van der Waals surface area contributed by atoms with Gasteiger partial charge in [0, 0.05) is 19.2 Å². The second kappa shape index (κ2) is 13.5. The van der Waals surface area contributed by atoms with Gasteiger partial charge in [-0.25, -0.2) is 8.78 Å². The molecule has 3 rings (SSSR count). The molecule has 13 nitrogen and oxygen atoms in total. The highest BCUT2D eigenvalue weighted by Gasteiger charge is 2.32. The predicted octanol–water partition coefficient (Wildman–Crippen LogP) is 0.158. The van der Waals surface area contributed by atoms with E-state index in [1.165, 1.54) is 32.9 Å². The van der Waals surface area contributed by atoms with E-state index in [1.54, 1.807) is 13.8 Å². The Labute approximate surface area is 240 Å². The van der Waals surface area contributed by atoms with Gasteiger partial charge in [-0.05, 0) is 38.3 Å². The van der Waals surface area contributed by atoms with Crippen molar-refractivity contribution in [3.8, 4) is 0 Å². The first-order chi connectivity index (χ1) is 19.7. The van der Waals surface area contributed by atoms with Gasteiger partial charge in [0.05, 0.1) is 18.2 Å². The van der Waals surface area contributed by atoms with Gasteiger partial charge >= 0.3 is 0 Å². The number of aliphatic hydroxyl groups is 1. The molecular formula is C27H34F2N6O7. The van der Waals surface area contributed by atoms with Crippen LogP contribution in [0.25, 0.3) is 0 Å². The predicted molar refractivity (Wildman–Crippen MR) is 143 cm³/mol. The molecular weight excluding hydrogens is 558 g/mol. The summed E-state index contributed by atoms with van der Waals surface area (Å²) in [6.45, 7) is 6.63. The summed E-state index contributed by atoms with van der Waals surface area (Å²) in [6.07, 6.45) is -1.38. The number of aryl methyl sites for hydroxylation is 1. The molecule has 1 aromatic carbocycles. The van der Waals surface area contributed by atoms with Crippen LogP contribution in [0.15, 0.2) is 22.7 Å². The number of hydrogen-bond acceptors (Lipinski definition) is 8. The molecule has 42 heavy (non-hydrogen) atoms. The first-order valence-electron chi connectivity index (χ1n) is 13.3. The average Bonchev–Trinajstić information content (AvgIpc) is 3.40. The fourth-order valence-electron chi connectivity index (χ4n) is 4.14. The van der Waals surface area contributed by atoms with Crippen molar-refractivity contribution >= 4 is 29.5 Å². The normalized spacial score (nSPS) is 21.9. The lowest BCUT2D eigenvalue weighted by molar-refractivity contribution is -0.133. The molecule has 0 saturated carbocycles. The first kappa shape index (κ1) is 32.1. The minimum atomic E-state index is -1.49. The van der Waals surface area contributed by atoms with Crippen molar-refractivity contribution < 1.29 is 42.4 Å². The van der Waals surface area contributed by atoms with Gasteiger partial charge in [-0.3, -0.25) is 24.0 Å². The molecule has 5 N–H and O–H groups in total. The summed E-state index contributed by atoms with van der Waals surface area (Å²) < 4.78 is 34.1. The Morgan fingerprint density at radius 3 is 2.36 bits per heavy atom. The number of carbonyl (C=O) groups is 5. The van der Waals surface area contributed by atoms with E-state index in [-0.39, 0.29) is 42.6 Å². The third kappa shape index (κ3) is 7.46. The van der Waals surface area contributed by atoms with Crippen LogP contribution in [0.3, 0.4) is 0 Å². The van der Waals surface area contributed by atoms with E-state index in [2.05, 4.69) is 26.4 Å². The zero-order valence-electron chi connectivity index (χ0n) is 23.8. The maximum atomic E-state index is 14.7. The van der Waals surface area contributed by atoms with Crippen LogP contribution in [0.1, 0.15) is 59.9 Å². The maximum absolute atomic E-state index is 14.7. The van der Waals surface area contributed by atoms with Crippen molar-refractivity contribution in [2.75, 3.05) is 13.1 Å². The summed E-state index contributed by atoms with van der Waals surface area (Å²) in [6, 6.07) is -0.128. The lowest BCUT2D eigenvalue weighted by Crippen LogP contribution is -2.58. The number of aromatic nitrogens is 1. The Balaban J connectivity index is 1.99. The van der Waals surface area contributed by atoms with Crippen LogP contribution in [0.2, 0.25) is 0 Å². The summed E-state index contributed by atoms with van der Waals surface area (Å²) in [5, 5.41) is 23.7. The molecule has 1 aliphatic heterocycles. The number of benzene rings is 1. The fourth-order valence-corrected chi connectivity index (χ4v) is 4.14. The van der Waals surface area contributed by atoms with E-state index < -0.39 is 71.0 Å². The molecule has 2 aromatic rings. The maximum Gasteiger partial charge on any atom is 0.274 e. The Hall–Kier alpha value is -4.40. The van der Waals surface area contributed by atoms with E-state index in [4.69, 9.17) is 4.52 Å². The average molecular weight is 593 g/mol. The van der Waals surface area contributed by atoms with E-state index in [0.29, 0.717) is 0 Å². The van der Waals surface area contributed by atoms with Gasteiger partial charge < -0.3 is 35.8 Å². The summed E-state index contributed by atoms with van der Waals surface area (Å²) in [4.78, 5) is 65.8. The standard InChI is InChI=1S/C27H34F2N6O7/c1-12(2)21-25(39)30-8-9-35(27(41)17-7-6-13(3)19(28)20(17)29)11-16-10-18(34-42-16)24(38)33-22(15(5)36)26(40)31-14(4)23(37)32-21/h6-7,10,12,14-15,21-22,36H,8-9,11H2,1-5H3,(H,30,39)(H,31,40)(H,32,37)(H,33,38)/t14-,15+,21-,22-/m0/s1. The summed E-state index contributed by atoms with van der Waals surface area (Å²) in [7, 11) is 0. The van der Waals surface area contributed by atoms with Crippen LogP contribution < -0.4 is 21.3 Å². The largest absolute Gasteiger partial charge is 0.391 e. The Kier molecular flexibility index (Phi) is 10.3. The molecule has 228 valence electrons. The molecule has 0 aliphatic carbocycles. The molecule has 1 aliphatic rings. The number of rotatable bonds is 3. The fraction of sp³-hybridized carbons (Fsp3) is 0.481. The third-order valence-corrected chi connectivity index (χ3v) is 6.66. The molecule has 0 unspecified atom stereocenters. The molecule has 0 saturated heterocycles. The number of amides is 5. The quantitative estimate of drug-likeness (QED) is 0.334. The van der Waals surface area contributed by atoms with Crippen molar-refractivity contribution in [1.29, 1.82) is 0 Å². The molecule has 5 amide bonds. The van der Waals surface area contributed by atoms with E-state index in [1.807, 2.05) is 0 Å². The van der Waals surface area contributed by atoms with E-state index in [0.717, 1.165) is 11.0 Å². The monoisotopic (exact) mass is 592 g/mol. The van der Waals surface area contributed by atoms with Crippen LogP contribution in [0.5, 0.6) is 0 Å². The van der Waals surface area contributed by atoms with Gasteiger partial charge in [-0.15, -0.1) is 0 Å². The first-order valence-corrected chi connectivity index (χ1v) is 13.3. The summed E-state index contributed by atoms with van der Waals surface area (Å²) in [5.74, 6) is -6.93. The van der Waals surface area contributed by atoms with Gasteiger partial charge in [-0.2, -0.15) is 0 Å². The van der Waals surface area contributed by atoms with E-state index >= 15 is 0 Å². The molecule has 0 spiro atoms. The van der Waals surface area contributed by atoms with Gasteiger partial charge in [-0.1, -0.05) is 25.1 Å². The smallest absolute Gasteiger partial charge is 0.274 e. The minimum absolute atomic E-state index is 0.00202. The zero-order chi connectivity index (χ0) is 31.3. The van der Waals surface area contributed by atoms with Crippen LogP contribution in [0.4, 0.5) is 8.78 Å². The summed E-state index contributed by atoms with van der Waals surface area (Å²) in [5.41, 5.74) is -0.860. The number of nitrogens with zero attached hydrogens (tertiary/aromatic N) is 2. The number of halogens is 2. The van der Waals surface area contributed by atoms with Gasteiger partial charge in [0.15, 0.2) is 23.1 Å². The third-order valence-electron chi connectivity index (χ3n) is 6.66. The van der Waals surface area contributed by atoms with Crippen molar-refractivity contribution in [3.63, 3.8) is 0 Å². The minimum Gasteiger partial charge on any atom is -0.391 e. The molecule has 4 atom stereocenters. The van der Waals surface area contributed by atoms with E-state index in [9.17, 15) is 37.9 Å². The van der Waals surface area contributed by atoms with Crippen LogP contribution in [0, 0.1) is 24.5 Å². The van der Waals surface area contributed by atoms with Crippen molar-refractivity contribution in [2.24, 2.45) is 5.92 Å². The Morgan fingerprint density at radius 2 is 1.71 bits per heavy atom. The molecule has 2 bridgehead atoms. The summed E-state index contributed by atoms with van der Waals surface area (Å²) >= 11 is 0. The lowest BCUT2D eigenvalue weighted by atomic mass is 10.0. The number of carbonyl (C=O) groups excluding carboxylic acids is 5. The zero-order valence-corrected chi connectivity index (χ0v) is 23.8. The van der Waals surface area contributed by atoms with Gasteiger partial charge in [0.25, 0.3) is 11.8 Å². The number of hydrogen-bond donors (Lipinski definition) is 5. The molecule has 1 aromatic heterocycles. The highest BCUT2D eigenvalue weighted by atomic mass is 19.2. The highest BCUT2D eigenvalue weighted by molar-refractivity contribution is 5.98. The molecule has 2 heterocycles. The Bertz CT molecular complexity index is 1360.